The lowest BCUT2D eigenvalue weighted by Crippen LogP contribution is -2.41. The summed E-state index contributed by atoms with van der Waals surface area (Å²) in [5, 5.41) is 10.1. The van der Waals surface area contributed by atoms with E-state index < -0.39 is 11.8 Å². The largest absolute Gasteiger partial charge is 0.490 e. The molecule has 0 aliphatic heterocycles. The van der Waals surface area contributed by atoms with Gasteiger partial charge in [-0.1, -0.05) is 5.16 Å². The smallest absolute Gasteiger partial charge is 0.269 e. The molecule has 0 radical (unpaired) electrons. The number of rotatable bonds is 11. The molecule has 0 saturated heterocycles. The van der Waals surface area contributed by atoms with Gasteiger partial charge in [-0.25, -0.2) is 4.98 Å². The van der Waals surface area contributed by atoms with Crippen molar-refractivity contribution in [1.82, 2.24) is 36.2 Å². The van der Waals surface area contributed by atoms with Crippen molar-refractivity contribution in [2.24, 2.45) is 0 Å². The Morgan fingerprint density at radius 2 is 1.73 bits per heavy atom. The second kappa shape index (κ2) is 11.5. The molecule has 2 aromatic heterocycles. The SMILES string of the molecule is CCOc1cc(C(=O)NNC(=O)CCc2nc(-c3ncn[nH]3)no2)cc(OCC)c1OCC. The molecule has 0 fully saturated rings. The lowest BCUT2D eigenvalue weighted by molar-refractivity contribution is -0.121. The summed E-state index contributed by atoms with van der Waals surface area (Å²) >= 11 is 0. The van der Waals surface area contributed by atoms with Gasteiger partial charge in [0.1, 0.15) is 6.33 Å². The Labute approximate surface area is 189 Å². The molecular weight excluding hydrogens is 434 g/mol. The molecule has 13 heteroatoms. The molecule has 0 aliphatic rings. The van der Waals surface area contributed by atoms with Crippen molar-refractivity contribution in [2.75, 3.05) is 19.8 Å². The number of aryl methyl sites for hydroxylation is 1. The number of H-pyrrole nitrogens is 1. The van der Waals surface area contributed by atoms with E-state index in [1.54, 1.807) is 0 Å². The van der Waals surface area contributed by atoms with E-state index in [4.69, 9.17) is 18.7 Å². The molecular formula is C20H25N7O6. The summed E-state index contributed by atoms with van der Waals surface area (Å²) < 4.78 is 21.9. The Hall–Kier alpha value is -4.16. The summed E-state index contributed by atoms with van der Waals surface area (Å²) in [6.07, 6.45) is 1.51. The number of aromatic nitrogens is 5. The van der Waals surface area contributed by atoms with Crippen LogP contribution < -0.4 is 25.1 Å². The summed E-state index contributed by atoms with van der Waals surface area (Å²) in [6, 6.07) is 3.06. The van der Waals surface area contributed by atoms with Crippen LogP contribution in [0.3, 0.4) is 0 Å². The zero-order chi connectivity index (χ0) is 23.6. The van der Waals surface area contributed by atoms with Gasteiger partial charge in [0.05, 0.1) is 19.8 Å². The minimum Gasteiger partial charge on any atom is -0.490 e. The number of carbonyl (C=O) groups excluding carboxylic acids is 2. The molecule has 1 aromatic carbocycles. The maximum absolute atomic E-state index is 12.6. The zero-order valence-corrected chi connectivity index (χ0v) is 18.5. The number of benzene rings is 1. The van der Waals surface area contributed by atoms with Gasteiger partial charge in [0.15, 0.2) is 17.3 Å². The molecule has 3 N–H and O–H groups in total. The van der Waals surface area contributed by atoms with Crippen LogP contribution in [0.1, 0.15) is 43.4 Å². The van der Waals surface area contributed by atoms with Crippen LogP contribution in [-0.4, -0.2) is 57.0 Å². The third-order valence-corrected chi connectivity index (χ3v) is 4.15. The van der Waals surface area contributed by atoms with Gasteiger partial charge >= 0.3 is 0 Å². The maximum Gasteiger partial charge on any atom is 0.269 e. The normalized spacial score (nSPS) is 10.5. The Bertz CT molecular complexity index is 1040. The number of nitrogens with zero attached hydrogens (tertiary/aromatic N) is 4. The van der Waals surface area contributed by atoms with Crippen LogP contribution in [0.5, 0.6) is 17.2 Å². The summed E-state index contributed by atoms with van der Waals surface area (Å²) in [4.78, 5) is 32.8. The van der Waals surface area contributed by atoms with Gasteiger partial charge in [-0.15, -0.1) is 0 Å². The van der Waals surface area contributed by atoms with E-state index in [1.807, 2.05) is 20.8 Å². The van der Waals surface area contributed by atoms with Crippen molar-refractivity contribution >= 4 is 11.8 Å². The predicted molar refractivity (Wildman–Crippen MR) is 114 cm³/mol. The number of hydrazine groups is 1. The summed E-state index contributed by atoms with van der Waals surface area (Å²) in [5.74, 6) is 1.03. The Morgan fingerprint density at radius 3 is 2.33 bits per heavy atom. The van der Waals surface area contributed by atoms with Gasteiger partial charge in [0, 0.05) is 18.4 Å². The average molecular weight is 459 g/mol. The van der Waals surface area contributed by atoms with Crippen molar-refractivity contribution in [2.45, 2.75) is 33.6 Å². The van der Waals surface area contributed by atoms with Crippen LogP contribution in [-0.2, 0) is 11.2 Å². The number of ether oxygens (including phenoxy) is 3. The molecule has 2 heterocycles. The molecule has 0 bridgehead atoms. The number of nitrogens with one attached hydrogen (secondary N) is 3. The first-order valence-corrected chi connectivity index (χ1v) is 10.4. The van der Waals surface area contributed by atoms with Gasteiger partial charge in [-0.3, -0.25) is 25.5 Å². The number of carbonyl (C=O) groups is 2. The van der Waals surface area contributed by atoms with Gasteiger partial charge < -0.3 is 18.7 Å². The molecule has 2 amide bonds. The van der Waals surface area contributed by atoms with E-state index in [2.05, 4.69) is 36.2 Å². The van der Waals surface area contributed by atoms with E-state index in [0.717, 1.165) is 0 Å². The molecule has 33 heavy (non-hydrogen) atoms. The van der Waals surface area contributed by atoms with Gasteiger partial charge in [-0.2, -0.15) is 10.1 Å². The van der Waals surface area contributed by atoms with Gasteiger partial charge in [-0.05, 0) is 32.9 Å². The minimum absolute atomic E-state index is 0.00991. The Balaban J connectivity index is 1.58. The van der Waals surface area contributed by atoms with E-state index in [9.17, 15) is 9.59 Å². The standard InChI is InChI=1S/C20H25N7O6/c1-4-30-13-9-12(10-14(31-5-2)17(13)32-6-3)20(29)26-24-15(28)7-8-16-23-19(27-33-16)18-21-11-22-25-18/h9-11H,4-8H2,1-3H3,(H,24,28)(H,26,29)(H,21,22,25). The van der Waals surface area contributed by atoms with Crippen molar-refractivity contribution in [1.29, 1.82) is 0 Å². The molecule has 176 valence electrons. The van der Waals surface area contributed by atoms with Crippen LogP contribution in [0, 0.1) is 0 Å². The first-order valence-electron chi connectivity index (χ1n) is 10.4. The van der Waals surface area contributed by atoms with E-state index in [0.29, 0.717) is 42.9 Å². The number of aromatic amines is 1. The average Bonchev–Trinajstić information content (AvgIpc) is 3.50. The van der Waals surface area contributed by atoms with E-state index in [1.165, 1.54) is 18.5 Å². The molecule has 0 saturated carbocycles. The zero-order valence-electron chi connectivity index (χ0n) is 18.5. The first kappa shape index (κ1) is 23.5. The second-order valence-corrected chi connectivity index (χ2v) is 6.45. The van der Waals surface area contributed by atoms with Crippen LogP contribution in [0.25, 0.3) is 11.6 Å². The third-order valence-electron chi connectivity index (χ3n) is 4.15. The van der Waals surface area contributed by atoms with Gasteiger partial charge in [0.2, 0.25) is 23.4 Å². The van der Waals surface area contributed by atoms with Crippen molar-refractivity contribution in [3.63, 3.8) is 0 Å². The lowest BCUT2D eigenvalue weighted by Gasteiger charge is -2.17. The van der Waals surface area contributed by atoms with Gasteiger partial charge in [0.25, 0.3) is 5.91 Å². The molecule has 0 aliphatic carbocycles. The van der Waals surface area contributed by atoms with E-state index in [-0.39, 0.29) is 30.1 Å². The van der Waals surface area contributed by atoms with Crippen LogP contribution >= 0.6 is 0 Å². The molecule has 0 atom stereocenters. The van der Waals surface area contributed by atoms with Crippen molar-refractivity contribution < 1.29 is 28.3 Å². The molecule has 3 rings (SSSR count). The summed E-state index contributed by atoms with van der Waals surface area (Å²) in [5.41, 5.74) is 4.97. The number of amides is 2. The molecule has 0 spiro atoms. The summed E-state index contributed by atoms with van der Waals surface area (Å²) in [6.45, 7) is 6.64. The molecule has 0 unspecified atom stereocenters. The third kappa shape index (κ3) is 6.18. The summed E-state index contributed by atoms with van der Waals surface area (Å²) in [7, 11) is 0. The fraction of sp³-hybridized carbons (Fsp3) is 0.400. The quantitative estimate of drug-likeness (QED) is 0.357. The van der Waals surface area contributed by atoms with Crippen molar-refractivity contribution in [3.8, 4) is 28.9 Å². The lowest BCUT2D eigenvalue weighted by atomic mass is 10.1. The monoisotopic (exact) mass is 459 g/mol. The van der Waals surface area contributed by atoms with E-state index >= 15 is 0 Å². The fourth-order valence-corrected chi connectivity index (χ4v) is 2.77. The molecule has 13 nitrogen and oxygen atoms in total. The predicted octanol–water partition coefficient (Wildman–Crippen LogP) is 1.44. The highest BCUT2D eigenvalue weighted by Gasteiger charge is 2.19. The highest BCUT2D eigenvalue weighted by atomic mass is 16.5. The number of hydrogen-bond acceptors (Lipinski definition) is 10. The fourth-order valence-electron chi connectivity index (χ4n) is 2.77. The molecule has 3 aromatic rings. The van der Waals surface area contributed by atoms with Crippen LogP contribution in [0.2, 0.25) is 0 Å². The van der Waals surface area contributed by atoms with Crippen LogP contribution in [0.15, 0.2) is 23.0 Å². The highest BCUT2D eigenvalue weighted by Crippen LogP contribution is 2.39. The Morgan fingerprint density at radius 1 is 1.03 bits per heavy atom. The second-order valence-electron chi connectivity index (χ2n) is 6.45. The highest BCUT2D eigenvalue weighted by molar-refractivity contribution is 5.96. The number of hydrogen-bond donors (Lipinski definition) is 3. The van der Waals surface area contributed by atoms with Crippen molar-refractivity contribution in [3.05, 3.63) is 29.9 Å². The first-order chi connectivity index (χ1) is 16.0. The minimum atomic E-state index is -0.543. The maximum atomic E-state index is 12.6. The van der Waals surface area contributed by atoms with Crippen LogP contribution in [0.4, 0.5) is 0 Å². The Kier molecular flexibility index (Phi) is 8.16. The topological polar surface area (TPSA) is 166 Å².